The van der Waals surface area contributed by atoms with Crippen LogP contribution in [-0.4, -0.2) is 5.11 Å². The van der Waals surface area contributed by atoms with Gasteiger partial charge in [0.05, 0.1) is 10.7 Å². The van der Waals surface area contributed by atoms with Crippen molar-refractivity contribution < 1.29 is 0 Å². The highest BCUT2D eigenvalue weighted by Gasteiger charge is 1.99. The fraction of sp³-hybridized carbons (Fsp3) is 0. The second kappa shape index (κ2) is 4.50. The Bertz CT molecular complexity index is 330. The number of benzene rings is 1. The molecule has 0 bridgehead atoms. The van der Waals surface area contributed by atoms with Crippen LogP contribution in [0.3, 0.4) is 0 Å². The zero-order valence-corrected chi connectivity index (χ0v) is 8.80. The van der Waals surface area contributed by atoms with Gasteiger partial charge in [0, 0.05) is 5.02 Å². The third kappa shape index (κ3) is 3.26. The van der Waals surface area contributed by atoms with Crippen molar-refractivity contribution in [2.75, 3.05) is 5.43 Å². The monoisotopic (exact) mass is 235 g/mol. The first-order valence-electron chi connectivity index (χ1n) is 3.36. The maximum Gasteiger partial charge on any atom is 0.182 e. The molecule has 4 N–H and O–H groups in total. The van der Waals surface area contributed by atoms with E-state index in [-0.39, 0.29) is 5.11 Å². The standard InChI is InChI=1S/C7H7Cl2N3S/c8-4-1-2-5(9)6(3-4)11-12-7(10)13/h1-3,11H,(H3,10,12,13). The zero-order chi connectivity index (χ0) is 9.84. The number of nitrogens with two attached hydrogens (primary N) is 1. The number of anilines is 1. The molecule has 0 amide bonds. The lowest BCUT2D eigenvalue weighted by Gasteiger charge is -2.09. The molecule has 6 heteroatoms. The van der Waals surface area contributed by atoms with Crippen molar-refractivity contribution in [1.29, 1.82) is 0 Å². The van der Waals surface area contributed by atoms with Crippen molar-refractivity contribution in [2.45, 2.75) is 0 Å². The van der Waals surface area contributed by atoms with E-state index in [9.17, 15) is 0 Å². The van der Waals surface area contributed by atoms with E-state index in [0.29, 0.717) is 15.7 Å². The van der Waals surface area contributed by atoms with Gasteiger partial charge in [0.25, 0.3) is 0 Å². The van der Waals surface area contributed by atoms with Gasteiger partial charge in [0.2, 0.25) is 0 Å². The fourth-order valence-electron chi connectivity index (χ4n) is 0.722. The van der Waals surface area contributed by atoms with E-state index in [1.54, 1.807) is 18.2 Å². The summed E-state index contributed by atoms with van der Waals surface area (Å²) in [5.74, 6) is 0. The molecule has 0 saturated heterocycles. The average Bonchev–Trinajstić information content (AvgIpc) is 2.06. The smallest absolute Gasteiger partial charge is 0.182 e. The quantitative estimate of drug-likeness (QED) is 0.544. The van der Waals surface area contributed by atoms with Crippen LogP contribution in [0.4, 0.5) is 5.69 Å². The number of hydrogen-bond donors (Lipinski definition) is 3. The summed E-state index contributed by atoms with van der Waals surface area (Å²) < 4.78 is 0. The second-order valence-corrected chi connectivity index (χ2v) is 3.52. The molecule has 0 heterocycles. The zero-order valence-electron chi connectivity index (χ0n) is 6.47. The fourth-order valence-corrected chi connectivity index (χ4v) is 1.11. The van der Waals surface area contributed by atoms with Crippen LogP contribution in [0.2, 0.25) is 10.0 Å². The SMILES string of the molecule is NC(=S)NNc1cc(Cl)ccc1Cl. The summed E-state index contributed by atoms with van der Waals surface area (Å²) in [4.78, 5) is 0. The lowest BCUT2D eigenvalue weighted by atomic mass is 10.3. The van der Waals surface area contributed by atoms with Crippen LogP contribution < -0.4 is 16.6 Å². The highest BCUT2D eigenvalue weighted by molar-refractivity contribution is 7.80. The van der Waals surface area contributed by atoms with Crippen LogP contribution in [0.25, 0.3) is 0 Å². The molecule has 0 unspecified atom stereocenters. The highest BCUT2D eigenvalue weighted by atomic mass is 35.5. The normalized spacial score (nSPS) is 9.38. The molecule has 0 aromatic heterocycles. The Labute approximate surface area is 91.2 Å². The molecule has 0 fully saturated rings. The molecule has 70 valence electrons. The average molecular weight is 236 g/mol. The van der Waals surface area contributed by atoms with E-state index in [1.807, 2.05) is 0 Å². The highest BCUT2D eigenvalue weighted by Crippen LogP contribution is 2.24. The number of rotatable bonds is 2. The molecular formula is C7H7Cl2N3S. The Balaban J connectivity index is 2.75. The molecule has 0 spiro atoms. The van der Waals surface area contributed by atoms with Gasteiger partial charge < -0.3 is 5.73 Å². The van der Waals surface area contributed by atoms with Gasteiger partial charge in [-0.3, -0.25) is 10.9 Å². The van der Waals surface area contributed by atoms with Crippen molar-refractivity contribution >= 4 is 46.2 Å². The van der Waals surface area contributed by atoms with E-state index in [2.05, 4.69) is 23.1 Å². The van der Waals surface area contributed by atoms with Crippen LogP contribution in [0, 0.1) is 0 Å². The van der Waals surface area contributed by atoms with Gasteiger partial charge in [-0.15, -0.1) is 0 Å². The minimum atomic E-state index is 0.135. The summed E-state index contributed by atoms with van der Waals surface area (Å²) in [6.07, 6.45) is 0. The molecule has 0 radical (unpaired) electrons. The third-order valence-corrected chi connectivity index (χ3v) is 1.92. The number of halogens is 2. The number of nitrogens with one attached hydrogen (secondary N) is 2. The molecule has 0 aliphatic heterocycles. The first-order chi connectivity index (χ1) is 6.09. The van der Waals surface area contributed by atoms with Crippen molar-refractivity contribution in [3.8, 4) is 0 Å². The Kier molecular flexibility index (Phi) is 3.59. The van der Waals surface area contributed by atoms with Crippen LogP contribution in [0.15, 0.2) is 18.2 Å². The van der Waals surface area contributed by atoms with E-state index < -0.39 is 0 Å². The largest absolute Gasteiger partial charge is 0.375 e. The maximum absolute atomic E-state index is 5.83. The minimum absolute atomic E-state index is 0.135. The predicted octanol–water partition coefficient (Wildman–Crippen LogP) is 2.15. The lowest BCUT2D eigenvalue weighted by Crippen LogP contribution is -2.33. The van der Waals surface area contributed by atoms with Crippen LogP contribution in [-0.2, 0) is 0 Å². The van der Waals surface area contributed by atoms with Crippen LogP contribution in [0.5, 0.6) is 0 Å². The molecule has 3 nitrogen and oxygen atoms in total. The van der Waals surface area contributed by atoms with E-state index >= 15 is 0 Å². The van der Waals surface area contributed by atoms with Gasteiger partial charge in [-0.1, -0.05) is 23.2 Å². The maximum atomic E-state index is 5.83. The second-order valence-electron chi connectivity index (χ2n) is 2.24. The molecule has 1 aromatic carbocycles. The molecule has 0 aliphatic rings. The van der Waals surface area contributed by atoms with Crippen molar-refractivity contribution in [1.82, 2.24) is 5.43 Å². The first-order valence-corrected chi connectivity index (χ1v) is 4.52. The molecular weight excluding hydrogens is 229 g/mol. The Morgan fingerprint density at radius 2 is 2.08 bits per heavy atom. The predicted molar refractivity (Wildman–Crippen MR) is 60.0 cm³/mol. The summed E-state index contributed by atoms with van der Waals surface area (Å²) in [6.45, 7) is 0. The van der Waals surface area contributed by atoms with Crippen molar-refractivity contribution in [3.63, 3.8) is 0 Å². The van der Waals surface area contributed by atoms with Gasteiger partial charge in [-0.25, -0.2) is 0 Å². The summed E-state index contributed by atoms with van der Waals surface area (Å²) in [5.41, 5.74) is 11.1. The molecule has 0 atom stereocenters. The van der Waals surface area contributed by atoms with Gasteiger partial charge >= 0.3 is 0 Å². The number of hydrazine groups is 1. The van der Waals surface area contributed by atoms with Crippen LogP contribution >= 0.6 is 35.4 Å². The number of thiocarbonyl (C=S) groups is 1. The van der Waals surface area contributed by atoms with Crippen molar-refractivity contribution in [3.05, 3.63) is 28.2 Å². The molecule has 0 aliphatic carbocycles. The topological polar surface area (TPSA) is 50.1 Å². The molecule has 1 aromatic rings. The summed E-state index contributed by atoms with van der Waals surface area (Å²) in [7, 11) is 0. The van der Waals surface area contributed by atoms with Crippen LogP contribution in [0.1, 0.15) is 0 Å². The summed E-state index contributed by atoms with van der Waals surface area (Å²) in [5, 5.41) is 1.25. The molecule has 13 heavy (non-hydrogen) atoms. The summed E-state index contributed by atoms with van der Waals surface area (Å²) >= 11 is 16.2. The van der Waals surface area contributed by atoms with E-state index in [4.69, 9.17) is 28.9 Å². The number of hydrogen-bond acceptors (Lipinski definition) is 2. The Morgan fingerprint density at radius 3 is 2.69 bits per heavy atom. The Hall–Kier alpha value is -0.710. The van der Waals surface area contributed by atoms with Crippen molar-refractivity contribution in [2.24, 2.45) is 5.73 Å². The third-order valence-electron chi connectivity index (χ3n) is 1.25. The summed E-state index contributed by atoms with van der Waals surface area (Å²) in [6, 6.07) is 5.03. The Morgan fingerprint density at radius 1 is 1.38 bits per heavy atom. The van der Waals surface area contributed by atoms with Gasteiger partial charge in [-0.05, 0) is 30.4 Å². The van der Waals surface area contributed by atoms with Gasteiger partial charge in [0.1, 0.15) is 0 Å². The lowest BCUT2D eigenvalue weighted by molar-refractivity contribution is 1.13. The van der Waals surface area contributed by atoms with Gasteiger partial charge in [0.15, 0.2) is 5.11 Å². The first kappa shape index (κ1) is 10.4. The minimum Gasteiger partial charge on any atom is -0.375 e. The van der Waals surface area contributed by atoms with E-state index in [0.717, 1.165) is 0 Å². The molecule has 0 saturated carbocycles. The molecule has 1 rings (SSSR count). The van der Waals surface area contributed by atoms with Gasteiger partial charge in [-0.2, -0.15) is 0 Å². The van der Waals surface area contributed by atoms with E-state index in [1.165, 1.54) is 0 Å².